The third-order valence-corrected chi connectivity index (χ3v) is 2.42. The standard InChI is InChI=1S/C6H6N2O2S/c9-11(10)7-8(11)6-4-2-1-3-5-6/h1-5,7H. The predicted molar refractivity (Wildman–Crippen MR) is 41.0 cm³/mol. The Bertz CT molecular complexity index is 359. The molecule has 4 nitrogen and oxygen atoms in total. The molecular formula is C6H6N2O2S. The highest BCUT2D eigenvalue weighted by molar-refractivity contribution is 7.97. The summed E-state index contributed by atoms with van der Waals surface area (Å²) in [6, 6.07) is 8.84. The molecule has 2 rings (SSSR count). The maximum atomic E-state index is 10.7. The van der Waals surface area contributed by atoms with Gasteiger partial charge in [-0.25, -0.2) is 0 Å². The quantitative estimate of drug-likeness (QED) is 0.614. The van der Waals surface area contributed by atoms with Crippen LogP contribution in [0.2, 0.25) is 0 Å². The van der Waals surface area contributed by atoms with Gasteiger partial charge in [-0.05, 0) is 12.1 Å². The number of nitrogens with zero attached hydrogens (tertiary/aromatic N) is 1. The maximum absolute atomic E-state index is 10.7. The average Bonchev–Trinajstić information content (AvgIpc) is 2.62. The number of hydrogen-bond acceptors (Lipinski definition) is 2. The van der Waals surface area contributed by atoms with E-state index in [2.05, 4.69) is 4.83 Å². The molecule has 0 saturated carbocycles. The van der Waals surface area contributed by atoms with Crippen molar-refractivity contribution in [2.24, 2.45) is 0 Å². The Labute approximate surface area is 64.6 Å². The first kappa shape index (κ1) is 6.63. The highest BCUT2D eigenvalue weighted by Crippen LogP contribution is 2.22. The predicted octanol–water partition coefficient (Wildman–Crippen LogP) is 0.256. The molecule has 1 aromatic carbocycles. The van der Waals surface area contributed by atoms with Gasteiger partial charge in [0.25, 0.3) is 0 Å². The van der Waals surface area contributed by atoms with Crippen molar-refractivity contribution in [2.75, 3.05) is 4.41 Å². The lowest BCUT2D eigenvalue weighted by atomic mass is 10.3. The minimum Gasteiger partial charge on any atom is -0.186 e. The van der Waals surface area contributed by atoms with Gasteiger partial charge in [-0.1, -0.05) is 23.0 Å². The number of hydrazine groups is 1. The SMILES string of the molecule is O=S1(=O)NN1c1ccccc1. The Kier molecular flexibility index (Phi) is 1.18. The van der Waals surface area contributed by atoms with E-state index in [1.807, 2.05) is 6.07 Å². The smallest absolute Gasteiger partial charge is 0.186 e. The molecule has 0 radical (unpaired) electrons. The monoisotopic (exact) mass is 170 g/mol. The van der Waals surface area contributed by atoms with Crippen molar-refractivity contribution in [3.63, 3.8) is 0 Å². The summed E-state index contributed by atoms with van der Waals surface area (Å²) in [7, 11) is -3.13. The van der Waals surface area contributed by atoms with Crippen molar-refractivity contribution >= 4 is 15.9 Å². The fourth-order valence-electron chi connectivity index (χ4n) is 0.843. The van der Waals surface area contributed by atoms with Gasteiger partial charge in [-0.3, -0.25) is 0 Å². The first-order valence-corrected chi connectivity index (χ1v) is 4.52. The summed E-state index contributed by atoms with van der Waals surface area (Å²) in [4.78, 5) is 2.23. The maximum Gasteiger partial charge on any atom is 0.334 e. The van der Waals surface area contributed by atoms with E-state index in [0.717, 1.165) is 4.41 Å². The molecule has 0 amide bonds. The second kappa shape index (κ2) is 1.96. The third-order valence-electron chi connectivity index (χ3n) is 1.40. The molecule has 0 bridgehead atoms. The fraction of sp³-hybridized carbons (Fsp3) is 0. The molecule has 1 fully saturated rings. The van der Waals surface area contributed by atoms with Crippen molar-refractivity contribution < 1.29 is 8.42 Å². The topological polar surface area (TPSA) is 59.1 Å². The van der Waals surface area contributed by atoms with Crippen LogP contribution in [0.5, 0.6) is 0 Å². The molecule has 0 aliphatic carbocycles. The van der Waals surface area contributed by atoms with Gasteiger partial charge in [0.05, 0.1) is 5.69 Å². The molecule has 1 heterocycles. The van der Waals surface area contributed by atoms with E-state index in [1.165, 1.54) is 0 Å². The van der Waals surface area contributed by atoms with Gasteiger partial charge in [0.2, 0.25) is 0 Å². The first-order valence-electron chi connectivity index (χ1n) is 3.08. The number of benzene rings is 1. The van der Waals surface area contributed by atoms with E-state index >= 15 is 0 Å². The lowest BCUT2D eigenvalue weighted by Gasteiger charge is -1.92. The van der Waals surface area contributed by atoms with Crippen LogP contribution in [0.3, 0.4) is 0 Å². The van der Waals surface area contributed by atoms with Crippen LogP contribution in [0.15, 0.2) is 30.3 Å². The van der Waals surface area contributed by atoms with Crippen LogP contribution in [-0.2, 0) is 10.2 Å². The van der Waals surface area contributed by atoms with E-state index in [4.69, 9.17) is 0 Å². The lowest BCUT2D eigenvalue weighted by molar-refractivity contribution is 0.612. The molecular weight excluding hydrogens is 164 g/mol. The third kappa shape index (κ3) is 1.08. The van der Waals surface area contributed by atoms with Crippen LogP contribution in [0.1, 0.15) is 0 Å². The normalized spacial score (nSPS) is 19.8. The van der Waals surface area contributed by atoms with Gasteiger partial charge in [-0.15, -0.1) is 0 Å². The summed E-state index contributed by atoms with van der Waals surface area (Å²) in [6.07, 6.45) is 0. The van der Waals surface area contributed by atoms with Crippen LogP contribution < -0.4 is 9.25 Å². The van der Waals surface area contributed by atoms with E-state index < -0.39 is 10.2 Å². The molecule has 5 heteroatoms. The second-order valence-electron chi connectivity index (χ2n) is 2.20. The second-order valence-corrected chi connectivity index (χ2v) is 3.69. The van der Waals surface area contributed by atoms with Gasteiger partial charge >= 0.3 is 10.2 Å². The molecule has 58 valence electrons. The number of hydrogen-bond donors (Lipinski definition) is 1. The zero-order chi connectivity index (χ0) is 7.90. The number of nitrogens with one attached hydrogen (secondary N) is 1. The van der Waals surface area contributed by atoms with Gasteiger partial charge in [0.15, 0.2) is 0 Å². The zero-order valence-electron chi connectivity index (χ0n) is 5.56. The average molecular weight is 170 g/mol. The zero-order valence-corrected chi connectivity index (χ0v) is 6.38. The molecule has 1 N–H and O–H groups in total. The number of para-hydroxylation sites is 1. The molecule has 1 aliphatic heterocycles. The van der Waals surface area contributed by atoms with Crippen molar-refractivity contribution in [2.45, 2.75) is 0 Å². The minimum atomic E-state index is -3.13. The summed E-state index contributed by atoms with van der Waals surface area (Å²) in [5, 5.41) is 0. The summed E-state index contributed by atoms with van der Waals surface area (Å²) in [5.74, 6) is 0. The molecule has 0 atom stereocenters. The Morgan fingerprint density at radius 2 is 1.73 bits per heavy atom. The molecule has 1 saturated heterocycles. The Hall–Kier alpha value is -1.07. The van der Waals surface area contributed by atoms with Gasteiger partial charge < -0.3 is 0 Å². The van der Waals surface area contributed by atoms with Crippen LogP contribution >= 0.6 is 0 Å². The molecule has 1 aliphatic rings. The molecule has 0 unspecified atom stereocenters. The van der Waals surface area contributed by atoms with E-state index in [-0.39, 0.29) is 0 Å². The minimum absolute atomic E-state index is 0.646. The van der Waals surface area contributed by atoms with Crippen LogP contribution in [0, 0.1) is 0 Å². The number of anilines is 1. The molecule has 0 aromatic heterocycles. The first-order chi connectivity index (χ1) is 5.20. The van der Waals surface area contributed by atoms with Crippen molar-refractivity contribution in [1.82, 2.24) is 4.83 Å². The fourth-order valence-corrected chi connectivity index (χ4v) is 1.71. The number of rotatable bonds is 1. The van der Waals surface area contributed by atoms with Crippen LogP contribution in [0.4, 0.5) is 5.69 Å². The Balaban J connectivity index is 2.35. The molecule has 0 spiro atoms. The summed E-state index contributed by atoms with van der Waals surface area (Å²) >= 11 is 0. The van der Waals surface area contributed by atoms with E-state index in [1.54, 1.807) is 24.3 Å². The van der Waals surface area contributed by atoms with Gasteiger partial charge in [0.1, 0.15) is 0 Å². The summed E-state index contributed by atoms with van der Waals surface area (Å²) in [5.41, 5.74) is 0.646. The van der Waals surface area contributed by atoms with E-state index in [0.29, 0.717) is 5.69 Å². The van der Waals surface area contributed by atoms with Gasteiger partial charge in [0, 0.05) is 0 Å². The van der Waals surface area contributed by atoms with Crippen molar-refractivity contribution in [3.8, 4) is 0 Å². The highest BCUT2D eigenvalue weighted by Gasteiger charge is 2.39. The lowest BCUT2D eigenvalue weighted by Crippen LogP contribution is -1.95. The Morgan fingerprint density at radius 1 is 1.18 bits per heavy atom. The van der Waals surface area contributed by atoms with Gasteiger partial charge in [-0.2, -0.15) is 12.8 Å². The van der Waals surface area contributed by atoms with E-state index in [9.17, 15) is 8.42 Å². The Morgan fingerprint density at radius 3 is 2.18 bits per heavy atom. The van der Waals surface area contributed by atoms with Crippen molar-refractivity contribution in [1.29, 1.82) is 0 Å². The largest absolute Gasteiger partial charge is 0.334 e. The summed E-state index contributed by atoms with van der Waals surface area (Å²) < 4.78 is 22.5. The highest BCUT2D eigenvalue weighted by atomic mass is 32.2. The molecule has 1 aromatic rings. The van der Waals surface area contributed by atoms with Crippen LogP contribution in [-0.4, -0.2) is 8.42 Å². The molecule has 11 heavy (non-hydrogen) atoms. The van der Waals surface area contributed by atoms with Crippen molar-refractivity contribution in [3.05, 3.63) is 30.3 Å². The summed E-state index contributed by atoms with van der Waals surface area (Å²) in [6.45, 7) is 0. The van der Waals surface area contributed by atoms with Crippen LogP contribution in [0.25, 0.3) is 0 Å².